The molecule has 2 fully saturated rings. The molecule has 2 aliphatic rings. The zero-order chi connectivity index (χ0) is 14.1. The lowest BCUT2D eigenvalue weighted by Crippen LogP contribution is -2.54. The van der Waals surface area contributed by atoms with Crippen molar-refractivity contribution in [3.8, 4) is 0 Å². The zero-order valence-corrected chi connectivity index (χ0v) is 13.1. The van der Waals surface area contributed by atoms with E-state index in [2.05, 4.69) is 10.0 Å². The van der Waals surface area contributed by atoms with Gasteiger partial charge in [0.25, 0.3) is 10.2 Å². The van der Waals surface area contributed by atoms with Gasteiger partial charge in [0.15, 0.2) is 0 Å². The van der Waals surface area contributed by atoms with Crippen LogP contribution in [0.5, 0.6) is 0 Å². The number of nitrogens with zero attached hydrogens (tertiary/aromatic N) is 1. The van der Waals surface area contributed by atoms with Gasteiger partial charge in [-0.05, 0) is 65.0 Å². The molecular weight excluding hydrogens is 262 g/mol. The van der Waals surface area contributed by atoms with Crippen LogP contribution in [0, 0.1) is 11.8 Å². The van der Waals surface area contributed by atoms with Crippen LogP contribution in [-0.2, 0) is 10.2 Å². The number of piperidine rings is 1. The minimum absolute atomic E-state index is 0.311. The van der Waals surface area contributed by atoms with E-state index in [0.717, 1.165) is 32.2 Å². The van der Waals surface area contributed by atoms with Gasteiger partial charge in [0, 0.05) is 18.6 Å². The van der Waals surface area contributed by atoms with Crippen molar-refractivity contribution in [3.63, 3.8) is 0 Å². The molecule has 1 unspecified atom stereocenters. The van der Waals surface area contributed by atoms with Crippen molar-refractivity contribution in [2.45, 2.75) is 45.1 Å². The topological polar surface area (TPSA) is 61.4 Å². The highest BCUT2D eigenvalue weighted by molar-refractivity contribution is 7.87. The Bertz CT molecular complexity index is 402. The first kappa shape index (κ1) is 15.2. The van der Waals surface area contributed by atoms with E-state index in [1.165, 1.54) is 0 Å². The van der Waals surface area contributed by atoms with Crippen molar-refractivity contribution in [3.05, 3.63) is 0 Å². The van der Waals surface area contributed by atoms with Crippen LogP contribution in [0.3, 0.4) is 0 Å². The van der Waals surface area contributed by atoms with Crippen LogP contribution in [0.25, 0.3) is 0 Å². The Hall–Kier alpha value is -0.170. The second kappa shape index (κ2) is 5.68. The summed E-state index contributed by atoms with van der Waals surface area (Å²) in [5, 5.41) is 3.14. The summed E-state index contributed by atoms with van der Waals surface area (Å²) in [6, 6.07) is 0. The average molecular weight is 289 g/mol. The minimum Gasteiger partial charge on any atom is -0.319 e. The van der Waals surface area contributed by atoms with Crippen molar-refractivity contribution in [1.29, 1.82) is 0 Å². The van der Waals surface area contributed by atoms with Gasteiger partial charge in [0.2, 0.25) is 0 Å². The van der Waals surface area contributed by atoms with Gasteiger partial charge in [-0.3, -0.25) is 0 Å². The highest BCUT2D eigenvalue weighted by Gasteiger charge is 2.42. The molecule has 1 saturated carbocycles. The van der Waals surface area contributed by atoms with Gasteiger partial charge < -0.3 is 5.32 Å². The predicted octanol–water partition coefficient (Wildman–Crippen LogP) is 0.941. The highest BCUT2D eigenvalue weighted by Crippen LogP contribution is 2.39. The Morgan fingerprint density at radius 1 is 1.26 bits per heavy atom. The van der Waals surface area contributed by atoms with Crippen LogP contribution in [0.4, 0.5) is 0 Å². The summed E-state index contributed by atoms with van der Waals surface area (Å²) >= 11 is 0. The Morgan fingerprint density at radius 2 is 1.95 bits per heavy atom. The van der Waals surface area contributed by atoms with Crippen molar-refractivity contribution >= 4 is 10.2 Å². The SMILES string of the molecule is CNCC1CCCN(S(=O)(=O)NC(C)(C)C2CC2)C1. The minimum atomic E-state index is -3.34. The van der Waals surface area contributed by atoms with Crippen LogP contribution in [-0.4, -0.2) is 44.9 Å². The Balaban J connectivity index is 1.98. The Kier molecular flexibility index (Phi) is 4.55. The fourth-order valence-corrected chi connectivity index (χ4v) is 4.72. The molecule has 0 aromatic rings. The monoisotopic (exact) mass is 289 g/mol. The van der Waals surface area contributed by atoms with Gasteiger partial charge in [-0.25, -0.2) is 0 Å². The predicted molar refractivity (Wildman–Crippen MR) is 77.1 cm³/mol. The van der Waals surface area contributed by atoms with Crippen molar-refractivity contribution in [2.24, 2.45) is 11.8 Å². The van der Waals surface area contributed by atoms with Gasteiger partial charge in [-0.15, -0.1) is 0 Å². The van der Waals surface area contributed by atoms with E-state index in [9.17, 15) is 8.42 Å². The van der Waals surface area contributed by atoms with Crippen molar-refractivity contribution in [2.75, 3.05) is 26.7 Å². The molecular formula is C13H27N3O2S. The number of nitrogens with one attached hydrogen (secondary N) is 2. The molecule has 0 amide bonds. The third-order valence-corrected chi connectivity index (χ3v) is 6.10. The number of hydrogen-bond donors (Lipinski definition) is 2. The Labute approximate surface area is 117 Å². The van der Waals surface area contributed by atoms with Gasteiger partial charge in [0.05, 0.1) is 0 Å². The summed E-state index contributed by atoms with van der Waals surface area (Å²) in [5.41, 5.74) is -0.311. The maximum absolute atomic E-state index is 12.5. The quantitative estimate of drug-likeness (QED) is 0.765. The van der Waals surface area contributed by atoms with E-state index in [-0.39, 0.29) is 5.54 Å². The van der Waals surface area contributed by atoms with Crippen LogP contribution in [0.15, 0.2) is 0 Å². The zero-order valence-electron chi connectivity index (χ0n) is 12.3. The first-order valence-electron chi connectivity index (χ1n) is 7.29. The molecule has 19 heavy (non-hydrogen) atoms. The van der Waals surface area contributed by atoms with Crippen molar-refractivity contribution < 1.29 is 8.42 Å². The molecule has 0 spiro atoms. The number of rotatable bonds is 6. The summed E-state index contributed by atoms with van der Waals surface area (Å²) in [7, 11) is -1.42. The first-order valence-corrected chi connectivity index (χ1v) is 8.73. The summed E-state index contributed by atoms with van der Waals surface area (Å²) in [6.07, 6.45) is 4.34. The lowest BCUT2D eigenvalue weighted by Gasteiger charge is -2.35. The molecule has 0 aromatic carbocycles. The largest absolute Gasteiger partial charge is 0.319 e. The van der Waals surface area contributed by atoms with E-state index in [4.69, 9.17) is 0 Å². The van der Waals surface area contributed by atoms with E-state index >= 15 is 0 Å². The molecule has 6 heteroatoms. The molecule has 1 aliphatic heterocycles. The molecule has 2 rings (SSSR count). The first-order chi connectivity index (χ1) is 8.85. The van der Waals surface area contributed by atoms with Gasteiger partial charge in [-0.1, -0.05) is 0 Å². The van der Waals surface area contributed by atoms with Crippen LogP contribution in [0.2, 0.25) is 0 Å². The van der Waals surface area contributed by atoms with Gasteiger partial charge in [0.1, 0.15) is 0 Å². The lowest BCUT2D eigenvalue weighted by atomic mass is 10.00. The normalized spacial score (nSPS) is 26.6. The lowest BCUT2D eigenvalue weighted by molar-refractivity contribution is 0.254. The standard InChI is InChI=1S/C13H27N3O2S/c1-13(2,12-6-7-12)15-19(17,18)16-8-4-5-11(10-16)9-14-3/h11-12,14-15H,4-10H2,1-3H3. The average Bonchev–Trinajstić information content (AvgIpc) is 3.12. The van der Waals surface area contributed by atoms with E-state index in [1.54, 1.807) is 4.31 Å². The van der Waals surface area contributed by atoms with Crippen LogP contribution in [0.1, 0.15) is 39.5 Å². The molecule has 0 radical (unpaired) electrons. The van der Waals surface area contributed by atoms with Gasteiger partial charge >= 0.3 is 0 Å². The third kappa shape index (κ3) is 3.90. The molecule has 1 saturated heterocycles. The molecule has 1 aliphatic carbocycles. The van der Waals surface area contributed by atoms with Crippen LogP contribution >= 0.6 is 0 Å². The fourth-order valence-electron chi connectivity index (χ4n) is 2.99. The smallest absolute Gasteiger partial charge is 0.279 e. The second-order valence-corrected chi connectivity index (χ2v) is 8.20. The molecule has 112 valence electrons. The second-order valence-electron chi connectivity index (χ2n) is 6.53. The van der Waals surface area contributed by atoms with E-state index in [1.807, 2.05) is 20.9 Å². The third-order valence-electron chi connectivity index (χ3n) is 4.30. The maximum Gasteiger partial charge on any atom is 0.279 e. The molecule has 2 N–H and O–H groups in total. The van der Waals surface area contributed by atoms with Crippen LogP contribution < -0.4 is 10.0 Å². The summed E-state index contributed by atoms with van der Waals surface area (Å²) < 4.78 is 29.5. The number of hydrogen-bond acceptors (Lipinski definition) is 3. The summed E-state index contributed by atoms with van der Waals surface area (Å²) in [4.78, 5) is 0. The molecule has 5 nitrogen and oxygen atoms in total. The summed E-state index contributed by atoms with van der Waals surface area (Å²) in [6.45, 7) is 6.17. The summed E-state index contributed by atoms with van der Waals surface area (Å²) in [5.74, 6) is 0.930. The van der Waals surface area contributed by atoms with Gasteiger partial charge in [-0.2, -0.15) is 17.4 Å². The molecule has 0 aromatic heterocycles. The highest BCUT2D eigenvalue weighted by atomic mass is 32.2. The Morgan fingerprint density at radius 3 is 2.53 bits per heavy atom. The van der Waals surface area contributed by atoms with E-state index in [0.29, 0.717) is 24.9 Å². The molecule has 0 bridgehead atoms. The van der Waals surface area contributed by atoms with E-state index < -0.39 is 10.2 Å². The fraction of sp³-hybridized carbons (Fsp3) is 1.00. The maximum atomic E-state index is 12.5. The van der Waals surface area contributed by atoms with Crippen molar-refractivity contribution in [1.82, 2.24) is 14.3 Å². The molecule has 1 atom stereocenters. The molecule has 1 heterocycles.